The molecule has 0 saturated carbocycles. The number of rotatable bonds is 4. The van der Waals surface area contributed by atoms with Gasteiger partial charge in [0.05, 0.1) is 5.56 Å². The van der Waals surface area contributed by atoms with E-state index in [0.29, 0.717) is 12.4 Å². The van der Waals surface area contributed by atoms with Crippen LogP contribution in [0.15, 0.2) is 29.6 Å². The molecule has 17 heavy (non-hydrogen) atoms. The van der Waals surface area contributed by atoms with Gasteiger partial charge in [0.1, 0.15) is 17.4 Å². The van der Waals surface area contributed by atoms with Crippen LogP contribution in [0.1, 0.15) is 21.1 Å². The molecule has 0 amide bonds. The van der Waals surface area contributed by atoms with Crippen molar-refractivity contribution in [3.05, 3.63) is 45.9 Å². The van der Waals surface area contributed by atoms with Crippen molar-refractivity contribution in [3.8, 4) is 5.75 Å². The molecule has 0 atom stereocenters. The molecule has 1 heterocycles. The van der Waals surface area contributed by atoms with Crippen molar-refractivity contribution < 1.29 is 14.6 Å². The molecule has 0 saturated heterocycles. The minimum Gasteiger partial charge on any atom is -0.486 e. The topological polar surface area (TPSA) is 59.4 Å². The Kier molecular flexibility index (Phi) is 3.39. The van der Waals surface area contributed by atoms with Crippen LogP contribution in [0.3, 0.4) is 0 Å². The lowest BCUT2D eigenvalue weighted by Crippen LogP contribution is -1.97. The van der Waals surface area contributed by atoms with E-state index in [0.717, 1.165) is 10.7 Å². The average Bonchev–Trinajstić information content (AvgIpc) is 2.73. The van der Waals surface area contributed by atoms with Gasteiger partial charge in [-0.25, -0.2) is 9.78 Å². The minimum atomic E-state index is -0.938. The molecular weight excluding hydrogens is 238 g/mol. The summed E-state index contributed by atoms with van der Waals surface area (Å²) in [6.45, 7) is 2.34. The van der Waals surface area contributed by atoms with Crippen molar-refractivity contribution in [3.63, 3.8) is 0 Å². The van der Waals surface area contributed by atoms with Gasteiger partial charge in [0, 0.05) is 11.1 Å². The Bertz CT molecular complexity index is 519. The summed E-state index contributed by atoms with van der Waals surface area (Å²) in [5, 5.41) is 11.6. The molecule has 0 bridgehead atoms. The predicted octanol–water partition coefficient (Wildman–Crippen LogP) is 2.73. The van der Waals surface area contributed by atoms with Crippen LogP contribution in [-0.2, 0) is 6.61 Å². The molecule has 2 aromatic rings. The molecular formula is C12H11NO3S. The van der Waals surface area contributed by atoms with Crippen molar-refractivity contribution in [2.24, 2.45) is 0 Å². The minimum absolute atomic E-state index is 0.252. The van der Waals surface area contributed by atoms with E-state index >= 15 is 0 Å². The summed E-state index contributed by atoms with van der Waals surface area (Å²) in [4.78, 5) is 14.9. The molecule has 88 valence electrons. The third-order valence-electron chi connectivity index (χ3n) is 2.13. The van der Waals surface area contributed by atoms with Crippen molar-refractivity contribution in [1.82, 2.24) is 4.98 Å². The number of benzene rings is 1. The van der Waals surface area contributed by atoms with Gasteiger partial charge in [-0.15, -0.1) is 11.3 Å². The molecule has 5 heteroatoms. The summed E-state index contributed by atoms with van der Waals surface area (Å²) in [7, 11) is 0. The zero-order valence-electron chi connectivity index (χ0n) is 9.21. The number of hydrogen-bond donors (Lipinski definition) is 1. The fourth-order valence-corrected chi connectivity index (χ4v) is 1.99. The highest BCUT2D eigenvalue weighted by molar-refractivity contribution is 7.09. The standard InChI is InChI=1S/C12H11NO3S/c1-8-7-17-11(13-8)6-16-10-4-2-9(3-5-10)12(14)15/h2-5,7H,6H2,1H3,(H,14,15). The highest BCUT2D eigenvalue weighted by Crippen LogP contribution is 2.16. The third kappa shape index (κ3) is 3.04. The summed E-state index contributed by atoms with van der Waals surface area (Å²) < 4.78 is 5.50. The van der Waals surface area contributed by atoms with Gasteiger partial charge in [0.15, 0.2) is 0 Å². The Morgan fingerprint density at radius 1 is 1.41 bits per heavy atom. The molecule has 0 unspecified atom stereocenters. The van der Waals surface area contributed by atoms with Gasteiger partial charge in [-0.05, 0) is 31.2 Å². The van der Waals surface area contributed by atoms with Crippen LogP contribution in [0, 0.1) is 6.92 Å². The third-order valence-corrected chi connectivity index (χ3v) is 3.07. The van der Waals surface area contributed by atoms with Crippen LogP contribution in [0.5, 0.6) is 5.75 Å². The summed E-state index contributed by atoms with van der Waals surface area (Å²) in [6.07, 6.45) is 0. The monoisotopic (exact) mass is 249 g/mol. The van der Waals surface area contributed by atoms with E-state index in [4.69, 9.17) is 9.84 Å². The molecule has 2 rings (SSSR count). The Morgan fingerprint density at radius 3 is 2.65 bits per heavy atom. The molecule has 0 aliphatic heterocycles. The molecule has 0 aliphatic rings. The lowest BCUT2D eigenvalue weighted by Gasteiger charge is -2.03. The van der Waals surface area contributed by atoms with E-state index in [-0.39, 0.29) is 5.56 Å². The maximum absolute atomic E-state index is 10.6. The lowest BCUT2D eigenvalue weighted by atomic mass is 10.2. The van der Waals surface area contributed by atoms with Crippen LogP contribution in [0.2, 0.25) is 0 Å². The van der Waals surface area contributed by atoms with Crippen molar-refractivity contribution in [2.45, 2.75) is 13.5 Å². The van der Waals surface area contributed by atoms with Crippen molar-refractivity contribution in [1.29, 1.82) is 0 Å². The first-order valence-electron chi connectivity index (χ1n) is 5.02. The van der Waals surface area contributed by atoms with E-state index in [1.54, 1.807) is 23.5 Å². The van der Waals surface area contributed by atoms with E-state index in [9.17, 15) is 4.79 Å². The highest BCUT2D eigenvalue weighted by atomic mass is 32.1. The number of carbonyl (C=O) groups is 1. The lowest BCUT2D eigenvalue weighted by molar-refractivity contribution is 0.0697. The molecule has 0 radical (unpaired) electrons. The van der Waals surface area contributed by atoms with Crippen LogP contribution < -0.4 is 4.74 Å². The van der Waals surface area contributed by atoms with Crippen LogP contribution >= 0.6 is 11.3 Å². The molecule has 0 fully saturated rings. The normalized spacial score (nSPS) is 10.2. The number of aryl methyl sites for hydroxylation is 1. The summed E-state index contributed by atoms with van der Waals surface area (Å²) in [6, 6.07) is 6.32. The number of carboxylic acids is 1. The predicted molar refractivity (Wildman–Crippen MR) is 64.6 cm³/mol. The molecule has 0 aliphatic carbocycles. The van der Waals surface area contributed by atoms with Gasteiger partial charge < -0.3 is 9.84 Å². The van der Waals surface area contributed by atoms with E-state index in [1.807, 2.05) is 12.3 Å². The van der Waals surface area contributed by atoms with Crippen LogP contribution in [0.4, 0.5) is 0 Å². The maximum Gasteiger partial charge on any atom is 0.335 e. The summed E-state index contributed by atoms with van der Waals surface area (Å²) in [5.41, 5.74) is 1.23. The fourth-order valence-electron chi connectivity index (χ4n) is 1.31. The fraction of sp³-hybridized carbons (Fsp3) is 0.167. The SMILES string of the molecule is Cc1csc(COc2ccc(C(=O)O)cc2)n1. The second-order valence-corrected chi connectivity index (χ2v) is 4.44. The Hall–Kier alpha value is -1.88. The van der Waals surface area contributed by atoms with Gasteiger partial charge in [-0.3, -0.25) is 0 Å². The van der Waals surface area contributed by atoms with Gasteiger partial charge in [-0.1, -0.05) is 0 Å². The second kappa shape index (κ2) is 4.97. The Labute approximate surface area is 103 Å². The van der Waals surface area contributed by atoms with E-state index < -0.39 is 5.97 Å². The zero-order valence-corrected chi connectivity index (χ0v) is 10.0. The largest absolute Gasteiger partial charge is 0.486 e. The van der Waals surface area contributed by atoms with Crippen LogP contribution in [0.25, 0.3) is 0 Å². The highest BCUT2D eigenvalue weighted by Gasteiger charge is 2.03. The molecule has 4 nitrogen and oxygen atoms in total. The average molecular weight is 249 g/mol. The number of nitrogens with zero attached hydrogens (tertiary/aromatic N) is 1. The second-order valence-electron chi connectivity index (χ2n) is 3.50. The quantitative estimate of drug-likeness (QED) is 0.905. The first kappa shape index (κ1) is 11.6. The smallest absolute Gasteiger partial charge is 0.335 e. The van der Waals surface area contributed by atoms with Gasteiger partial charge in [0.2, 0.25) is 0 Å². The Morgan fingerprint density at radius 2 is 2.12 bits per heavy atom. The van der Waals surface area contributed by atoms with Crippen molar-refractivity contribution >= 4 is 17.3 Å². The van der Waals surface area contributed by atoms with Gasteiger partial charge in [0.25, 0.3) is 0 Å². The number of ether oxygens (including phenoxy) is 1. The number of aromatic carboxylic acids is 1. The number of thiazole rings is 1. The van der Waals surface area contributed by atoms with Gasteiger partial charge in [-0.2, -0.15) is 0 Å². The van der Waals surface area contributed by atoms with Gasteiger partial charge >= 0.3 is 5.97 Å². The van der Waals surface area contributed by atoms with Crippen LogP contribution in [-0.4, -0.2) is 16.1 Å². The molecule has 1 aromatic carbocycles. The Balaban J connectivity index is 1.97. The maximum atomic E-state index is 10.6. The number of carboxylic acid groups (broad SMARTS) is 1. The van der Waals surface area contributed by atoms with E-state index in [1.165, 1.54) is 12.1 Å². The zero-order chi connectivity index (χ0) is 12.3. The van der Waals surface area contributed by atoms with E-state index in [2.05, 4.69) is 4.98 Å². The first-order chi connectivity index (χ1) is 8.15. The molecule has 1 N–H and O–H groups in total. The number of hydrogen-bond acceptors (Lipinski definition) is 4. The summed E-state index contributed by atoms with van der Waals surface area (Å²) >= 11 is 1.55. The molecule has 0 spiro atoms. The first-order valence-corrected chi connectivity index (χ1v) is 5.90. The van der Waals surface area contributed by atoms with Crippen molar-refractivity contribution in [2.75, 3.05) is 0 Å². The summed E-state index contributed by atoms with van der Waals surface area (Å²) in [5.74, 6) is -0.296. The number of aromatic nitrogens is 1. The molecule has 1 aromatic heterocycles.